The van der Waals surface area contributed by atoms with Crippen LogP contribution in [0.5, 0.6) is 0 Å². The standard InChI is InChI=1S/C7H8N2/c1-2-3-6-9-7-4-5-8-9/h1,4-5,7H,3,6H2. The Bertz CT molecular complexity index is 193. The molecular weight excluding hydrogens is 112 g/mol. The van der Waals surface area contributed by atoms with Crippen molar-refractivity contribution in [3.63, 3.8) is 0 Å². The molecular formula is C7H8N2. The van der Waals surface area contributed by atoms with Gasteiger partial charge < -0.3 is 0 Å². The Kier molecular flexibility index (Phi) is 1.92. The lowest BCUT2D eigenvalue weighted by Crippen LogP contribution is -1.95. The zero-order valence-corrected chi connectivity index (χ0v) is 5.12. The van der Waals surface area contributed by atoms with Gasteiger partial charge in [-0.25, -0.2) is 0 Å². The van der Waals surface area contributed by atoms with Crippen LogP contribution in [0.25, 0.3) is 0 Å². The van der Waals surface area contributed by atoms with E-state index in [0.717, 1.165) is 13.0 Å². The van der Waals surface area contributed by atoms with E-state index in [9.17, 15) is 0 Å². The number of terminal acetylenes is 1. The number of rotatable bonds is 2. The fraction of sp³-hybridized carbons (Fsp3) is 0.286. The van der Waals surface area contributed by atoms with Gasteiger partial charge >= 0.3 is 0 Å². The predicted molar refractivity (Wildman–Crippen MR) is 35.7 cm³/mol. The van der Waals surface area contributed by atoms with Crippen LogP contribution in [0.4, 0.5) is 0 Å². The van der Waals surface area contributed by atoms with Crippen LogP contribution in [-0.4, -0.2) is 9.78 Å². The van der Waals surface area contributed by atoms with Gasteiger partial charge in [-0.15, -0.1) is 12.3 Å². The molecule has 1 aromatic rings. The summed E-state index contributed by atoms with van der Waals surface area (Å²) in [5.41, 5.74) is 0. The SMILES string of the molecule is C#CCCn1cccn1. The molecule has 0 amide bonds. The van der Waals surface area contributed by atoms with Gasteiger partial charge in [-0.2, -0.15) is 5.10 Å². The maximum absolute atomic E-state index is 5.05. The highest BCUT2D eigenvalue weighted by Gasteiger charge is 1.84. The van der Waals surface area contributed by atoms with Crippen molar-refractivity contribution in [2.45, 2.75) is 13.0 Å². The number of nitrogens with zero attached hydrogens (tertiary/aromatic N) is 2. The monoisotopic (exact) mass is 120 g/mol. The van der Waals surface area contributed by atoms with Crippen LogP contribution in [0, 0.1) is 12.3 Å². The molecule has 2 heteroatoms. The molecule has 0 unspecified atom stereocenters. The van der Waals surface area contributed by atoms with Crippen molar-refractivity contribution in [3.8, 4) is 12.3 Å². The second-order valence-corrected chi connectivity index (χ2v) is 1.72. The van der Waals surface area contributed by atoms with Crippen LogP contribution in [0.1, 0.15) is 6.42 Å². The summed E-state index contributed by atoms with van der Waals surface area (Å²) in [5, 5.41) is 3.97. The van der Waals surface area contributed by atoms with E-state index < -0.39 is 0 Å². The molecule has 0 radical (unpaired) electrons. The second-order valence-electron chi connectivity index (χ2n) is 1.72. The molecule has 0 bridgehead atoms. The minimum atomic E-state index is 0.752. The van der Waals surface area contributed by atoms with Gasteiger partial charge in [0.15, 0.2) is 0 Å². The molecule has 0 N–H and O–H groups in total. The first-order valence-corrected chi connectivity index (χ1v) is 2.84. The number of aromatic nitrogens is 2. The largest absolute Gasteiger partial charge is 0.272 e. The molecule has 1 aromatic heterocycles. The molecule has 0 atom stereocenters. The molecule has 0 aliphatic carbocycles. The van der Waals surface area contributed by atoms with Crippen molar-refractivity contribution >= 4 is 0 Å². The second kappa shape index (κ2) is 2.93. The Labute approximate surface area is 54.5 Å². The molecule has 1 rings (SSSR count). The lowest BCUT2D eigenvalue weighted by molar-refractivity contribution is 0.630. The summed E-state index contributed by atoms with van der Waals surface area (Å²) in [6, 6.07) is 1.89. The zero-order valence-electron chi connectivity index (χ0n) is 5.12. The van der Waals surface area contributed by atoms with Gasteiger partial charge in [0, 0.05) is 18.8 Å². The number of aryl methyl sites for hydroxylation is 1. The minimum absolute atomic E-state index is 0.752. The van der Waals surface area contributed by atoms with Crippen molar-refractivity contribution in [2.24, 2.45) is 0 Å². The summed E-state index contributed by atoms with van der Waals surface area (Å²) in [6.45, 7) is 0.823. The van der Waals surface area contributed by atoms with E-state index in [1.807, 2.05) is 16.9 Å². The van der Waals surface area contributed by atoms with E-state index in [1.54, 1.807) is 6.20 Å². The van der Waals surface area contributed by atoms with E-state index in [0.29, 0.717) is 0 Å². The third-order valence-corrected chi connectivity index (χ3v) is 1.04. The zero-order chi connectivity index (χ0) is 6.53. The van der Waals surface area contributed by atoms with E-state index in [-0.39, 0.29) is 0 Å². The Hall–Kier alpha value is -1.23. The molecule has 0 aliphatic heterocycles. The summed E-state index contributed by atoms with van der Waals surface area (Å²) in [7, 11) is 0. The molecule has 46 valence electrons. The van der Waals surface area contributed by atoms with Gasteiger partial charge in [0.1, 0.15) is 0 Å². The summed E-state index contributed by atoms with van der Waals surface area (Å²) < 4.78 is 1.82. The minimum Gasteiger partial charge on any atom is -0.272 e. The van der Waals surface area contributed by atoms with Crippen molar-refractivity contribution in [3.05, 3.63) is 18.5 Å². The maximum atomic E-state index is 5.05. The topological polar surface area (TPSA) is 17.8 Å². The van der Waals surface area contributed by atoms with Crippen molar-refractivity contribution < 1.29 is 0 Å². The van der Waals surface area contributed by atoms with Crippen LogP contribution in [0.15, 0.2) is 18.5 Å². The highest BCUT2D eigenvalue weighted by atomic mass is 15.3. The molecule has 0 fully saturated rings. The number of hydrogen-bond acceptors (Lipinski definition) is 1. The first-order chi connectivity index (χ1) is 4.43. The van der Waals surface area contributed by atoms with Gasteiger partial charge in [-0.3, -0.25) is 4.68 Å². The van der Waals surface area contributed by atoms with Gasteiger partial charge in [0.25, 0.3) is 0 Å². The molecule has 0 aliphatic rings. The Morgan fingerprint density at radius 2 is 2.56 bits per heavy atom. The van der Waals surface area contributed by atoms with E-state index in [1.165, 1.54) is 0 Å². The van der Waals surface area contributed by atoms with Crippen LogP contribution in [-0.2, 0) is 6.54 Å². The summed E-state index contributed by atoms with van der Waals surface area (Å²) >= 11 is 0. The van der Waals surface area contributed by atoms with Gasteiger partial charge in [0.05, 0.1) is 6.54 Å². The van der Waals surface area contributed by atoms with Crippen molar-refractivity contribution in [1.82, 2.24) is 9.78 Å². The molecule has 0 aromatic carbocycles. The maximum Gasteiger partial charge on any atom is 0.0518 e. The normalized spacial score (nSPS) is 8.78. The average Bonchev–Trinajstić information content (AvgIpc) is 2.34. The molecule has 0 saturated carbocycles. The Balaban J connectivity index is 2.41. The lowest BCUT2D eigenvalue weighted by atomic mass is 10.4. The average molecular weight is 120 g/mol. The van der Waals surface area contributed by atoms with Crippen molar-refractivity contribution in [2.75, 3.05) is 0 Å². The third kappa shape index (κ3) is 1.61. The number of hydrogen-bond donors (Lipinski definition) is 0. The fourth-order valence-corrected chi connectivity index (χ4v) is 0.612. The van der Waals surface area contributed by atoms with E-state index >= 15 is 0 Å². The van der Waals surface area contributed by atoms with Crippen LogP contribution >= 0.6 is 0 Å². The van der Waals surface area contributed by atoms with Crippen LogP contribution in [0.3, 0.4) is 0 Å². The lowest BCUT2D eigenvalue weighted by Gasteiger charge is -1.92. The fourth-order valence-electron chi connectivity index (χ4n) is 0.612. The predicted octanol–water partition coefficient (Wildman–Crippen LogP) is 0.906. The highest BCUT2D eigenvalue weighted by molar-refractivity contribution is 4.85. The first-order valence-electron chi connectivity index (χ1n) is 2.84. The Morgan fingerprint density at radius 3 is 3.11 bits per heavy atom. The summed E-state index contributed by atoms with van der Waals surface area (Å²) in [5.74, 6) is 2.55. The first kappa shape index (κ1) is 5.90. The summed E-state index contributed by atoms with van der Waals surface area (Å²) in [6.07, 6.45) is 9.45. The Morgan fingerprint density at radius 1 is 1.67 bits per heavy atom. The summed E-state index contributed by atoms with van der Waals surface area (Å²) in [4.78, 5) is 0. The van der Waals surface area contributed by atoms with Crippen molar-refractivity contribution in [1.29, 1.82) is 0 Å². The molecule has 9 heavy (non-hydrogen) atoms. The third-order valence-electron chi connectivity index (χ3n) is 1.04. The van der Waals surface area contributed by atoms with Gasteiger partial charge in [0.2, 0.25) is 0 Å². The van der Waals surface area contributed by atoms with Gasteiger partial charge in [-0.1, -0.05) is 0 Å². The highest BCUT2D eigenvalue weighted by Crippen LogP contribution is 1.86. The van der Waals surface area contributed by atoms with Crippen LogP contribution < -0.4 is 0 Å². The molecule has 1 heterocycles. The smallest absolute Gasteiger partial charge is 0.0518 e. The molecule has 0 saturated heterocycles. The van der Waals surface area contributed by atoms with E-state index in [4.69, 9.17) is 6.42 Å². The van der Waals surface area contributed by atoms with E-state index in [2.05, 4.69) is 11.0 Å². The quantitative estimate of drug-likeness (QED) is 0.530. The molecule has 0 spiro atoms. The molecule has 2 nitrogen and oxygen atoms in total. The van der Waals surface area contributed by atoms with Crippen LogP contribution in [0.2, 0.25) is 0 Å². The van der Waals surface area contributed by atoms with Gasteiger partial charge in [-0.05, 0) is 6.07 Å².